The van der Waals surface area contributed by atoms with Crippen LogP contribution in [0.3, 0.4) is 0 Å². The Labute approximate surface area is 127 Å². The predicted octanol–water partition coefficient (Wildman–Crippen LogP) is 1.53. The van der Waals surface area contributed by atoms with E-state index in [4.69, 9.17) is 14.0 Å². The molecule has 0 aliphatic carbocycles. The lowest BCUT2D eigenvalue weighted by atomic mass is 9.79. The van der Waals surface area contributed by atoms with E-state index in [1.54, 1.807) is 0 Å². The molecule has 0 atom stereocenters. The first-order chi connectivity index (χ1) is 9.62. The van der Waals surface area contributed by atoms with E-state index in [2.05, 4.69) is 45.9 Å². The monoisotopic (exact) mass is 292 g/mol. The van der Waals surface area contributed by atoms with E-state index in [9.17, 15) is 0 Å². The molecule has 0 unspecified atom stereocenters. The smallest absolute Gasteiger partial charge is 0.399 e. The van der Waals surface area contributed by atoms with Crippen LogP contribution >= 0.6 is 0 Å². The third-order valence-electron chi connectivity index (χ3n) is 4.94. The largest absolute Gasteiger partial charge is 0.498 e. The third-order valence-corrected chi connectivity index (χ3v) is 4.94. The minimum absolute atomic E-state index is 0.200. The van der Waals surface area contributed by atoms with Crippen LogP contribution in [0.2, 0.25) is 0 Å². The molecule has 0 radical (unpaired) electrons. The van der Waals surface area contributed by atoms with E-state index in [0.29, 0.717) is 0 Å². The molecule has 5 nitrogen and oxygen atoms in total. The van der Waals surface area contributed by atoms with E-state index in [0.717, 1.165) is 30.9 Å². The quantitative estimate of drug-likeness (QED) is 0.793. The molecule has 2 saturated heterocycles. The van der Waals surface area contributed by atoms with E-state index >= 15 is 0 Å². The van der Waals surface area contributed by atoms with Crippen LogP contribution in [0, 0.1) is 12.3 Å². The van der Waals surface area contributed by atoms with Crippen LogP contribution in [0.1, 0.15) is 40.3 Å². The van der Waals surface area contributed by atoms with Crippen molar-refractivity contribution >= 4 is 12.6 Å². The van der Waals surface area contributed by atoms with Crippen molar-refractivity contribution in [2.45, 2.75) is 59.3 Å². The van der Waals surface area contributed by atoms with Crippen LogP contribution in [0.25, 0.3) is 0 Å². The molecule has 2 aliphatic heterocycles. The normalized spacial score (nSPS) is 25.9. The van der Waals surface area contributed by atoms with Crippen molar-refractivity contribution in [3.8, 4) is 0 Å². The van der Waals surface area contributed by atoms with Gasteiger partial charge in [0.15, 0.2) is 0 Å². The molecule has 1 aromatic heterocycles. The Kier molecular flexibility index (Phi) is 3.28. The molecular weight excluding hydrogens is 267 g/mol. The third kappa shape index (κ3) is 2.54. The molecule has 3 heterocycles. The summed E-state index contributed by atoms with van der Waals surface area (Å²) in [6.45, 7) is 15.0. The molecular formula is C15H25BN2O3. The molecule has 0 amide bonds. The molecule has 0 aromatic carbocycles. The Hall–Kier alpha value is -0.845. The number of hydrogen-bond donors (Lipinski definition) is 0. The van der Waals surface area contributed by atoms with Gasteiger partial charge >= 0.3 is 7.12 Å². The summed E-state index contributed by atoms with van der Waals surface area (Å²) in [6, 6.07) is 0. The van der Waals surface area contributed by atoms with E-state index in [1.807, 2.05) is 11.6 Å². The summed E-state index contributed by atoms with van der Waals surface area (Å²) in [6.07, 6.45) is 2.06. The number of hydrogen-bond acceptors (Lipinski definition) is 4. The molecule has 6 heteroatoms. The lowest BCUT2D eigenvalue weighted by molar-refractivity contribution is -0.111. The Bertz CT molecular complexity index is 533. The standard InChI is InChI=1S/C15H25BN2O3/c1-11-12(16-20-13(2,3)14(4,5)21-16)7-18(17-11)8-15(6)9-19-10-15/h7H,8-10H2,1-6H3. The van der Waals surface area contributed by atoms with Gasteiger partial charge in [-0.2, -0.15) is 5.10 Å². The molecule has 0 N–H and O–H groups in total. The molecule has 0 bridgehead atoms. The fourth-order valence-electron chi connectivity index (χ4n) is 2.75. The van der Waals surface area contributed by atoms with Crippen LogP contribution in [0.15, 0.2) is 6.20 Å². The van der Waals surface area contributed by atoms with Crippen LogP contribution in [0.5, 0.6) is 0 Å². The summed E-state index contributed by atoms with van der Waals surface area (Å²) in [5.41, 5.74) is 1.56. The molecule has 2 fully saturated rings. The average Bonchev–Trinajstić information content (AvgIpc) is 2.75. The second-order valence-corrected chi connectivity index (χ2v) is 7.76. The second kappa shape index (κ2) is 4.57. The van der Waals surface area contributed by atoms with Gasteiger partial charge in [0.1, 0.15) is 0 Å². The van der Waals surface area contributed by atoms with Crippen molar-refractivity contribution in [3.05, 3.63) is 11.9 Å². The molecule has 3 rings (SSSR count). The minimum Gasteiger partial charge on any atom is -0.399 e. The lowest BCUT2D eigenvalue weighted by Crippen LogP contribution is -2.43. The zero-order valence-electron chi connectivity index (χ0n) is 13.9. The second-order valence-electron chi connectivity index (χ2n) is 7.76. The Morgan fingerprint density at radius 1 is 1.14 bits per heavy atom. The van der Waals surface area contributed by atoms with Crippen molar-refractivity contribution < 1.29 is 14.0 Å². The molecule has 116 valence electrons. The average molecular weight is 292 g/mol. The first kappa shape index (κ1) is 15.1. The Balaban J connectivity index is 1.79. The Morgan fingerprint density at radius 2 is 1.71 bits per heavy atom. The van der Waals surface area contributed by atoms with Crippen molar-refractivity contribution in [1.82, 2.24) is 9.78 Å². The summed E-state index contributed by atoms with van der Waals surface area (Å²) in [4.78, 5) is 0. The molecule has 0 saturated carbocycles. The number of ether oxygens (including phenoxy) is 1. The molecule has 2 aliphatic rings. The highest BCUT2D eigenvalue weighted by Crippen LogP contribution is 2.36. The van der Waals surface area contributed by atoms with Crippen LogP contribution in [-0.4, -0.2) is 41.3 Å². The topological polar surface area (TPSA) is 45.5 Å². The number of rotatable bonds is 3. The summed E-state index contributed by atoms with van der Waals surface area (Å²) in [7, 11) is -0.339. The minimum atomic E-state index is -0.339. The molecule has 0 spiro atoms. The first-order valence-electron chi connectivity index (χ1n) is 7.59. The Morgan fingerprint density at radius 3 is 2.19 bits per heavy atom. The van der Waals surface area contributed by atoms with Crippen molar-refractivity contribution in [1.29, 1.82) is 0 Å². The van der Waals surface area contributed by atoms with E-state index in [1.165, 1.54) is 0 Å². The van der Waals surface area contributed by atoms with Gasteiger partial charge in [-0.25, -0.2) is 0 Å². The van der Waals surface area contributed by atoms with Gasteiger partial charge in [0.05, 0.1) is 36.7 Å². The van der Waals surface area contributed by atoms with Crippen molar-refractivity contribution in [2.24, 2.45) is 5.41 Å². The zero-order chi connectivity index (χ0) is 15.5. The summed E-state index contributed by atoms with van der Waals surface area (Å²) in [5, 5.41) is 4.62. The van der Waals surface area contributed by atoms with Gasteiger partial charge in [0.25, 0.3) is 0 Å². The fraction of sp³-hybridized carbons (Fsp3) is 0.800. The van der Waals surface area contributed by atoms with Gasteiger partial charge < -0.3 is 14.0 Å². The van der Waals surface area contributed by atoms with E-state index in [-0.39, 0.29) is 23.7 Å². The number of nitrogens with zero attached hydrogens (tertiary/aromatic N) is 2. The van der Waals surface area contributed by atoms with Crippen LogP contribution in [0.4, 0.5) is 0 Å². The van der Waals surface area contributed by atoms with Gasteiger partial charge in [-0.1, -0.05) is 6.92 Å². The number of aromatic nitrogens is 2. The van der Waals surface area contributed by atoms with Gasteiger partial charge in [-0.3, -0.25) is 4.68 Å². The van der Waals surface area contributed by atoms with Gasteiger partial charge in [-0.05, 0) is 34.6 Å². The maximum atomic E-state index is 6.11. The fourth-order valence-corrected chi connectivity index (χ4v) is 2.75. The van der Waals surface area contributed by atoms with E-state index < -0.39 is 0 Å². The van der Waals surface area contributed by atoms with Gasteiger partial charge in [0, 0.05) is 17.1 Å². The van der Waals surface area contributed by atoms with Gasteiger partial charge in [-0.15, -0.1) is 0 Å². The SMILES string of the molecule is Cc1nn(CC2(C)COC2)cc1B1OC(C)(C)C(C)(C)O1. The summed E-state index contributed by atoms with van der Waals surface area (Å²) >= 11 is 0. The highest BCUT2D eigenvalue weighted by Gasteiger charge is 2.52. The predicted molar refractivity (Wildman–Crippen MR) is 81.6 cm³/mol. The zero-order valence-corrected chi connectivity index (χ0v) is 13.9. The molecule has 1 aromatic rings. The highest BCUT2D eigenvalue weighted by molar-refractivity contribution is 6.62. The first-order valence-corrected chi connectivity index (χ1v) is 7.59. The van der Waals surface area contributed by atoms with Gasteiger partial charge in [0.2, 0.25) is 0 Å². The molecule has 21 heavy (non-hydrogen) atoms. The lowest BCUT2D eigenvalue weighted by Gasteiger charge is -2.37. The summed E-state index contributed by atoms with van der Waals surface area (Å²) < 4.78 is 19.5. The van der Waals surface area contributed by atoms with Crippen LogP contribution in [-0.2, 0) is 20.6 Å². The van der Waals surface area contributed by atoms with Crippen molar-refractivity contribution in [2.75, 3.05) is 13.2 Å². The van der Waals surface area contributed by atoms with Crippen molar-refractivity contribution in [3.63, 3.8) is 0 Å². The number of aryl methyl sites for hydroxylation is 1. The highest BCUT2D eigenvalue weighted by atomic mass is 16.7. The maximum Gasteiger partial charge on any atom is 0.498 e. The van der Waals surface area contributed by atoms with Crippen LogP contribution < -0.4 is 5.46 Å². The summed E-state index contributed by atoms with van der Waals surface area (Å²) in [5.74, 6) is 0. The maximum absolute atomic E-state index is 6.11.